The monoisotopic (exact) mass is 447 g/mol. The van der Waals surface area contributed by atoms with Crippen LogP contribution in [-0.4, -0.2) is 31.1 Å². The lowest BCUT2D eigenvalue weighted by Crippen LogP contribution is -3.00. The Balaban J connectivity index is 0.00000480. The average molecular weight is 448 g/mol. The molecule has 0 saturated carbocycles. The molecule has 4 heteroatoms. The van der Waals surface area contributed by atoms with E-state index in [1.165, 1.54) is 49.7 Å². The van der Waals surface area contributed by atoms with Gasteiger partial charge >= 0.3 is 0 Å². The number of ether oxygens (including phenoxy) is 2. The third-order valence-electron chi connectivity index (χ3n) is 5.85. The maximum absolute atomic E-state index is 6.18. The molecule has 0 amide bonds. The summed E-state index contributed by atoms with van der Waals surface area (Å²) >= 11 is 0. The second kappa shape index (κ2) is 14.5. The summed E-state index contributed by atoms with van der Waals surface area (Å²) in [6, 6.07) is 19.1. The van der Waals surface area contributed by atoms with E-state index in [2.05, 4.69) is 82.5 Å². The van der Waals surface area contributed by atoms with E-state index in [1.807, 2.05) is 6.92 Å². The van der Waals surface area contributed by atoms with Gasteiger partial charge in [-0.25, -0.2) is 0 Å². The lowest BCUT2D eigenvalue weighted by atomic mass is 10.0. The van der Waals surface area contributed by atoms with Crippen LogP contribution in [0, 0.1) is 0 Å². The standard InChI is InChI=1S/C27H42NO2.ClH/c1-6-7-8-9-10-12-15-25-18-20-27(21-19-25)30-24(3)29-23(2)28(4,5)22-26-16-13-11-14-17-26;/h11,13-14,16-21,23-24H,6-10,12,15,22H2,1-5H3;1H/q+1;/p-1. The molecule has 0 saturated heterocycles. The van der Waals surface area contributed by atoms with Crippen molar-refractivity contribution in [2.24, 2.45) is 0 Å². The highest BCUT2D eigenvalue weighted by atomic mass is 35.5. The quantitative estimate of drug-likeness (QED) is 0.248. The zero-order chi connectivity index (χ0) is 21.8. The Kier molecular flexibility index (Phi) is 12.9. The second-order valence-corrected chi connectivity index (χ2v) is 9.00. The van der Waals surface area contributed by atoms with Crippen molar-refractivity contribution in [1.29, 1.82) is 0 Å². The van der Waals surface area contributed by atoms with Crippen LogP contribution in [0.4, 0.5) is 0 Å². The average Bonchev–Trinajstić information content (AvgIpc) is 2.72. The van der Waals surface area contributed by atoms with Crippen LogP contribution < -0.4 is 17.1 Å². The van der Waals surface area contributed by atoms with Gasteiger partial charge in [-0.3, -0.25) is 9.22 Å². The Morgan fingerprint density at radius 1 is 0.774 bits per heavy atom. The molecule has 2 aromatic rings. The van der Waals surface area contributed by atoms with Crippen LogP contribution in [0.5, 0.6) is 5.75 Å². The predicted octanol–water partition coefficient (Wildman–Crippen LogP) is 3.96. The molecule has 174 valence electrons. The van der Waals surface area contributed by atoms with Crippen molar-refractivity contribution in [3.63, 3.8) is 0 Å². The SMILES string of the molecule is CCCCCCCCc1ccc(OC(C)OC(C)[N+](C)(C)Cc2ccccc2)cc1.[Cl-]. The molecule has 0 heterocycles. The number of nitrogens with zero attached hydrogens (tertiary/aromatic N) is 1. The highest BCUT2D eigenvalue weighted by Gasteiger charge is 2.27. The number of quaternary nitrogens is 1. The number of benzene rings is 2. The lowest BCUT2D eigenvalue weighted by molar-refractivity contribution is -0.949. The fourth-order valence-corrected chi connectivity index (χ4v) is 3.69. The van der Waals surface area contributed by atoms with Crippen LogP contribution in [0.1, 0.15) is 70.4 Å². The van der Waals surface area contributed by atoms with Gasteiger partial charge in [0.25, 0.3) is 0 Å². The molecule has 0 N–H and O–H groups in total. The van der Waals surface area contributed by atoms with Gasteiger partial charge in [0.2, 0.25) is 6.29 Å². The lowest BCUT2D eigenvalue weighted by Gasteiger charge is -2.36. The van der Waals surface area contributed by atoms with Crippen LogP contribution in [0.3, 0.4) is 0 Å². The molecule has 0 fully saturated rings. The van der Waals surface area contributed by atoms with Crippen molar-refractivity contribution >= 4 is 0 Å². The van der Waals surface area contributed by atoms with Gasteiger partial charge in [-0.1, -0.05) is 81.5 Å². The molecular weight excluding hydrogens is 406 g/mol. The number of halogens is 1. The van der Waals surface area contributed by atoms with Gasteiger partial charge in [0.1, 0.15) is 12.3 Å². The van der Waals surface area contributed by atoms with Crippen molar-refractivity contribution in [2.45, 2.75) is 84.8 Å². The summed E-state index contributed by atoms with van der Waals surface area (Å²) < 4.78 is 13.0. The summed E-state index contributed by atoms with van der Waals surface area (Å²) in [5.41, 5.74) is 2.70. The Hall–Kier alpha value is -1.55. The van der Waals surface area contributed by atoms with Crippen LogP contribution in [0.25, 0.3) is 0 Å². The maximum Gasteiger partial charge on any atom is 0.202 e. The van der Waals surface area contributed by atoms with Crippen molar-refractivity contribution in [1.82, 2.24) is 0 Å². The molecule has 0 aliphatic heterocycles. The Morgan fingerprint density at radius 3 is 2.03 bits per heavy atom. The number of rotatable bonds is 14. The van der Waals surface area contributed by atoms with Crippen LogP contribution >= 0.6 is 0 Å². The van der Waals surface area contributed by atoms with Crippen molar-refractivity contribution in [3.8, 4) is 5.75 Å². The molecule has 0 radical (unpaired) electrons. The molecular formula is C27H42ClNO2. The zero-order valence-corrected chi connectivity index (χ0v) is 20.9. The fourth-order valence-electron chi connectivity index (χ4n) is 3.69. The van der Waals surface area contributed by atoms with Gasteiger partial charge < -0.3 is 17.1 Å². The van der Waals surface area contributed by atoms with Gasteiger partial charge in [0, 0.05) is 12.5 Å². The normalized spacial score (nSPS) is 13.3. The molecule has 2 aromatic carbocycles. The number of unbranched alkanes of at least 4 members (excludes halogenated alkanes) is 5. The zero-order valence-electron chi connectivity index (χ0n) is 20.1. The summed E-state index contributed by atoms with van der Waals surface area (Å²) in [6.07, 6.45) is 8.90. The molecule has 2 unspecified atom stereocenters. The molecule has 0 spiro atoms. The topological polar surface area (TPSA) is 18.5 Å². The minimum absolute atomic E-state index is 0. The Bertz CT molecular complexity index is 703. The van der Waals surface area contributed by atoms with E-state index in [9.17, 15) is 0 Å². The van der Waals surface area contributed by atoms with Gasteiger partial charge in [0.05, 0.1) is 14.1 Å². The first-order valence-electron chi connectivity index (χ1n) is 11.7. The first-order chi connectivity index (χ1) is 14.4. The van der Waals surface area contributed by atoms with E-state index in [-0.39, 0.29) is 24.9 Å². The van der Waals surface area contributed by atoms with Crippen LogP contribution in [-0.2, 0) is 17.7 Å². The summed E-state index contributed by atoms with van der Waals surface area (Å²) in [5, 5.41) is 0. The molecule has 3 nitrogen and oxygen atoms in total. The third kappa shape index (κ3) is 10.5. The van der Waals surface area contributed by atoms with Crippen LogP contribution in [0.15, 0.2) is 54.6 Å². The summed E-state index contributed by atoms with van der Waals surface area (Å²) in [6.45, 7) is 7.28. The van der Waals surface area contributed by atoms with Crippen molar-refractivity contribution in [3.05, 3.63) is 65.7 Å². The highest BCUT2D eigenvalue weighted by molar-refractivity contribution is 5.27. The van der Waals surface area contributed by atoms with E-state index in [0.717, 1.165) is 23.2 Å². The highest BCUT2D eigenvalue weighted by Crippen LogP contribution is 2.20. The minimum atomic E-state index is -0.294. The van der Waals surface area contributed by atoms with E-state index in [1.54, 1.807) is 0 Å². The molecule has 2 atom stereocenters. The van der Waals surface area contributed by atoms with E-state index >= 15 is 0 Å². The molecule has 0 aliphatic carbocycles. The Labute approximate surface area is 196 Å². The molecule has 2 rings (SSSR count). The summed E-state index contributed by atoms with van der Waals surface area (Å²) in [5.74, 6) is 0.870. The molecule has 0 bridgehead atoms. The number of hydrogen-bond donors (Lipinski definition) is 0. The minimum Gasteiger partial charge on any atom is -1.00 e. The van der Waals surface area contributed by atoms with Crippen LogP contribution in [0.2, 0.25) is 0 Å². The predicted molar refractivity (Wildman–Crippen MR) is 126 cm³/mol. The first kappa shape index (κ1) is 27.5. The maximum atomic E-state index is 6.18. The number of aryl methyl sites for hydroxylation is 1. The number of hydrogen-bond acceptors (Lipinski definition) is 2. The van der Waals surface area contributed by atoms with Gasteiger partial charge in [-0.15, -0.1) is 0 Å². The van der Waals surface area contributed by atoms with Crippen molar-refractivity contribution in [2.75, 3.05) is 14.1 Å². The summed E-state index contributed by atoms with van der Waals surface area (Å²) in [7, 11) is 4.39. The molecule has 31 heavy (non-hydrogen) atoms. The van der Waals surface area contributed by atoms with Crippen molar-refractivity contribution < 1.29 is 26.4 Å². The van der Waals surface area contributed by atoms with Gasteiger partial charge in [0.15, 0.2) is 6.23 Å². The third-order valence-corrected chi connectivity index (χ3v) is 5.85. The van der Waals surface area contributed by atoms with Gasteiger partial charge in [-0.2, -0.15) is 0 Å². The largest absolute Gasteiger partial charge is 1.00 e. The first-order valence-corrected chi connectivity index (χ1v) is 11.7. The smallest absolute Gasteiger partial charge is 0.202 e. The second-order valence-electron chi connectivity index (χ2n) is 9.00. The Morgan fingerprint density at radius 2 is 1.39 bits per heavy atom. The fraction of sp³-hybridized carbons (Fsp3) is 0.556. The molecule has 0 aromatic heterocycles. The molecule has 0 aliphatic rings. The summed E-state index contributed by atoms with van der Waals surface area (Å²) in [4.78, 5) is 0. The van der Waals surface area contributed by atoms with E-state index < -0.39 is 0 Å². The van der Waals surface area contributed by atoms with E-state index in [4.69, 9.17) is 9.47 Å². The van der Waals surface area contributed by atoms with E-state index in [0.29, 0.717) is 0 Å². The van der Waals surface area contributed by atoms with Gasteiger partial charge in [-0.05, 0) is 37.5 Å².